The third kappa shape index (κ3) is 4.12. The van der Waals surface area contributed by atoms with Gasteiger partial charge in [-0.1, -0.05) is 67.6 Å². The van der Waals surface area contributed by atoms with Crippen LogP contribution in [-0.4, -0.2) is 27.7 Å². The SMILES string of the molecule is CCCl.Cc1ccn(CC2CC(c3ccccc3)(c3ccccc3)C(=O)O2)n1. The summed E-state index contributed by atoms with van der Waals surface area (Å²) in [7, 11) is 0. The van der Waals surface area contributed by atoms with Crippen LogP contribution in [0.3, 0.4) is 0 Å². The zero-order valence-corrected chi connectivity index (χ0v) is 17.0. The first-order valence-electron chi connectivity index (χ1n) is 9.48. The van der Waals surface area contributed by atoms with Gasteiger partial charge in [-0.05, 0) is 24.1 Å². The molecule has 146 valence electrons. The Morgan fingerprint density at radius 1 is 1.07 bits per heavy atom. The van der Waals surface area contributed by atoms with E-state index in [0.717, 1.165) is 22.7 Å². The smallest absolute Gasteiger partial charge is 0.321 e. The van der Waals surface area contributed by atoms with Crippen molar-refractivity contribution >= 4 is 17.6 Å². The van der Waals surface area contributed by atoms with Crippen LogP contribution in [-0.2, 0) is 21.5 Å². The van der Waals surface area contributed by atoms with Crippen molar-refractivity contribution < 1.29 is 9.53 Å². The molecule has 1 aromatic heterocycles. The summed E-state index contributed by atoms with van der Waals surface area (Å²) in [6.45, 7) is 4.41. The molecule has 1 aliphatic heterocycles. The Kier molecular flexibility index (Phi) is 6.53. The lowest BCUT2D eigenvalue weighted by molar-refractivity contribution is -0.145. The Bertz CT molecular complexity index is 854. The average molecular weight is 397 g/mol. The molecule has 5 heteroatoms. The minimum atomic E-state index is -0.755. The third-order valence-electron chi connectivity index (χ3n) is 4.85. The van der Waals surface area contributed by atoms with Gasteiger partial charge in [0.25, 0.3) is 0 Å². The highest BCUT2D eigenvalue weighted by Gasteiger charge is 2.51. The minimum absolute atomic E-state index is 0.182. The Balaban J connectivity index is 0.000000706. The van der Waals surface area contributed by atoms with E-state index in [0.29, 0.717) is 13.0 Å². The number of cyclic esters (lactones) is 1. The summed E-state index contributed by atoms with van der Waals surface area (Å²) in [5.41, 5.74) is 2.16. The average Bonchev–Trinajstić information content (AvgIpc) is 3.27. The number of hydrogen-bond donors (Lipinski definition) is 0. The molecule has 2 aromatic carbocycles. The van der Waals surface area contributed by atoms with Crippen molar-refractivity contribution in [2.75, 3.05) is 5.88 Å². The van der Waals surface area contributed by atoms with E-state index in [1.54, 1.807) is 0 Å². The number of alkyl halides is 1. The minimum Gasteiger partial charge on any atom is -0.459 e. The fourth-order valence-corrected chi connectivity index (χ4v) is 3.68. The van der Waals surface area contributed by atoms with E-state index in [-0.39, 0.29) is 12.1 Å². The molecule has 0 spiro atoms. The van der Waals surface area contributed by atoms with E-state index in [9.17, 15) is 4.79 Å². The van der Waals surface area contributed by atoms with E-state index >= 15 is 0 Å². The van der Waals surface area contributed by atoms with Crippen LogP contribution < -0.4 is 0 Å². The number of nitrogens with zero attached hydrogens (tertiary/aromatic N) is 2. The van der Waals surface area contributed by atoms with E-state index < -0.39 is 5.41 Å². The second-order valence-corrected chi connectivity index (χ2v) is 7.35. The number of esters is 1. The summed E-state index contributed by atoms with van der Waals surface area (Å²) in [5.74, 6) is 0.541. The number of rotatable bonds is 4. The maximum absolute atomic E-state index is 13.1. The first-order valence-corrected chi connectivity index (χ1v) is 10.0. The molecule has 1 atom stereocenters. The molecule has 1 saturated heterocycles. The molecule has 4 nitrogen and oxygen atoms in total. The number of ether oxygens (including phenoxy) is 1. The lowest BCUT2D eigenvalue weighted by Crippen LogP contribution is -2.33. The van der Waals surface area contributed by atoms with Crippen LogP contribution in [0.5, 0.6) is 0 Å². The quantitative estimate of drug-likeness (QED) is 0.472. The first-order chi connectivity index (χ1) is 13.6. The molecule has 28 heavy (non-hydrogen) atoms. The van der Waals surface area contributed by atoms with Crippen molar-refractivity contribution in [2.24, 2.45) is 0 Å². The van der Waals surface area contributed by atoms with Gasteiger partial charge in [-0.2, -0.15) is 5.10 Å². The number of carbonyl (C=O) groups is 1. The van der Waals surface area contributed by atoms with Gasteiger partial charge in [0.2, 0.25) is 0 Å². The van der Waals surface area contributed by atoms with Crippen molar-refractivity contribution in [1.29, 1.82) is 0 Å². The van der Waals surface area contributed by atoms with Gasteiger partial charge in [-0.3, -0.25) is 9.48 Å². The summed E-state index contributed by atoms with van der Waals surface area (Å²) >= 11 is 5.00. The normalized spacial score (nSPS) is 17.5. The van der Waals surface area contributed by atoms with E-state index in [1.165, 1.54) is 0 Å². The second kappa shape index (κ2) is 9.07. The summed E-state index contributed by atoms with van der Waals surface area (Å²) in [6.07, 6.45) is 2.33. The molecule has 1 fully saturated rings. The number of aromatic nitrogens is 2. The molecular weight excluding hydrogens is 372 g/mol. The largest absolute Gasteiger partial charge is 0.459 e. The zero-order valence-electron chi connectivity index (χ0n) is 16.2. The highest BCUT2D eigenvalue weighted by atomic mass is 35.5. The monoisotopic (exact) mass is 396 g/mol. The van der Waals surface area contributed by atoms with Crippen molar-refractivity contribution in [3.05, 3.63) is 89.7 Å². The van der Waals surface area contributed by atoms with Gasteiger partial charge in [0.1, 0.15) is 11.5 Å². The Hall–Kier alpha value is -2.59. The van der Waals surface area contributed by atoms with Crippen LogP contribution in [0.25, 0.3) is 0 Å². The predicted octanol–water partition coefficient (Wildman–Crippen LogP) is 4.74. The molecule has 0 amide bonds. The summed E-state index contributed by atoms with van der Waals surface area (Å²) in [6, 6.07) is 21.8. The van der Waals surface area contributed by atoms with Crippen molar-refractivity contribution in [3.63, 3.8) is 0 Å². The summed E-state index contributed by atoms with van der Waals surface area (Å²) in [5, 5.41) is 4.42. The van der Waals surface area contributed by atoms with Crippen LogP contribution in [0.4, 0.5) is 0 Å². The lowest BCUT2D eigenvalue weighted by atomic mass is 9.72. The lowest BCUT2D eigenvalue weighted by Gasteiger charge is -2.26. The van der Waals surface area contributed by atoms with Crippen LogP contribution in [0.2, 0.25) is 0 Å². The van der Waals surface area contributed by atoms with Crippen LogP contribution in [0, 0.1) is 6.92 Å². The summed E-state index contributed by atoms with van der Waals surface area (Å²) in [4.78, 5) is 13.1. The highest BCUT2D eigenvalue weighted by Crippen LogP contribution is 2.43. The van der Waals surface area contributed by atoms with Crippen LogP contribution in [0.1, 0.15) is 30.2 Å². The Morgan fingerprint density at radius 2 is 1.61 bits per heavy atom. The van der Waals surface area contributed by atoms with Gasteiger partial charge in [0, 0.05) is 18.5 Å². The molecule has 0 N–H and O–H groups in total. The highest BCUT2D eigenvalue weighted by molar-refractivity contribution is 6.17. The second-order valence-electron chi connectivity index (χ2n) is 6.82. The Morgan fingerprint density at radius 3 is 2.07 bits per heavy atom. The van der Waals surface area contributed by atoms with Gasteiger partial charge in [0.05, 0.1) is 12.2 Å². The molecule has 0 saturated carbocycles. The molecule has 1 aliphatic rings. The fourth-order valence-electron chi connectivity index (χ4n) is 3.68. The molecule has 0 aliphatic carbocycles. The van der Waals surface area contributed by atoms with E-state index in [2.05, 4.69) is 5.10 Å². The topological polar surface area (TPSA) is 44.1 Å². The Labute approximate surface area is 171 Å². The number of aryl methyl sites for hydroxylation is 1. The summed E-state index contributed by atoms with van der Waals surface area (Å²) < 4.78 is 7.65. The van der Waals surface area contributed by atoms with Crippen LogP contribution in [0.15, 0.2) is 72.9 Å². The molecule has 0 bridgehead atoms. The van der Waals surface area contributed by atoms with Gasteiger partial charge >= 0.3 is 5.97 Å². The third-order valence-corrected chi connectivity index (χ3v) is 4.85. The maximum atomic E-state index is 13.1. The fraction of sp³-hybridized carbons (Fsp3) is 0.304. The van der Waals surface area contributed by atoms with E-state index in [4.69, 9.17) is 16.3 Å². The number of carbonyl (C=O) groups excluding carboxylic acids is 1. The zero-order chi connectivity index (χ0) is 20.0. The maximum Gasteiger partial charge on any atom is 0.321 e. The molecule has 0 radical (unpaired) electrons. The number of benzene rings is 2. The first kappa shape index (κ1) is 20.2. The number of hydrogen-bond acceptors (Lipinski definition) is 3. The van der Waals surface area contributed by atoms with Crippen molar-refractivity contribution in [2.45, 2.75) is 38.3 Å². The standard InChI is InChI=1S/C21H20N2O2.C2H5Cl/c1-16-12-13-23(22-16)15-19-14-21(20(24)25-19,17-8-4-2-5-9-17)18-10-6-3-7-11-18;1-2-3/h2-13,19H,14-15H2,1H3;2H2,1H3. The molecule has 1 unspecified atom stereocenters. The molecular formula is C23H25ClN2O2. The van der Waals surface area contributed by atoms with Crippen LogP contribution >= 0.6 is 11.6 Å². The van der Waals surface area contributed by atoms with Gasteiger partial charge in [-0.25, -0.2) is 0 Å². The predicted molar refractivity (Wildman–Crippen MR) is 112 cm³/mol. The van der Waals surface area contributed by atoms with Crippen molar-refractivity contribution in [1.82, 2.24) is 9.78 Å². The van der Waals surface area contributed by atoms with Gasteiger partial charge in [0.15, 0.2) is 0 Å². The number of halogens is 1. The van der Waals surface area contributed by atoms with Gasteiger partial charge < -0.3 is 4.74 Å². The van der Waals surface area contributed by atoms with Gasteiger partial charge in [-0.15, -0.1) is 11.6 Å². The molecule has 2 heterocycles. The van der Waals surface area contributed by atoms with E-state index in [1.807, 2.05) is 91.5 Å². The molecule has 4 rings (SSSR count). The van der Waals surface area contributed by atoms with Crippen molar-refractivity contribution in [3.8, 4) is 0 Å². The molecule has 3 aromatic rings.